The van der Waals surface area contributed by atoms with E-state index >= 15 is 0 Å². The summed E-state index contributed by atoms with van der Waals surface area (Å²) in [7, 11) is 1.74. The van der Waals surface area contributed by atoms with E-state index in [0.29, 0.717) is 37.8 Å². The van der Waals surface area contributed by atoms with E-state index in [2.05, 4.69) is 10.1 Å². The fraction of sp³-hybridized carbons (Fsp3) is 0.562. The van der Waals surface area contributed by atoms with Crippen LogP contribution >= 0.6 is 0 Å². The Morgan fingerprint density at radius 3 is 3.04 bits per heavy atom. The number of hydrogen-bond acceptors (Lipinski definition) is 6. The fourth-order valence-electron chi connectivity index (χ4n) is 3.01. The molecule has 2 atom stereocenters. The van der Waals surface area contributed by atoms with Gasteiger partial charge < -0.3 is 13.8 Å². The maximum absolute atomic E-state index is 13.9. The van der Waals surface area contributed by atoms with Gasteiger partial charge in [-0.25, -0.2) is 4.39 Å². The van der Waals surface area contributed by atoms with Crippen LogP contribution in [0.2, 0.25) is 0 Å². The maximum atomic E-state index is 13.9. The minimum absolute atomic E-state index is 0.0194. The monoisotopic (exact) mass is 336 g/mol. The molecule has 2 aromatic rings. The van der Waals surface area contributed by atoms with Gasteiger partial charge in [0.1, 0.15) is 6.17 Å². The smallest absolute Gasteiger partial charge is 0.226 e. The van der Waals surface area contributed by atoms with Gasteiger partial charge in [0.25, 0.3) is 0 Å². The topological polar surface area (TPSA) is 75.6 Å². The van der Waals surface area contributed by atoms with Crippen LogP contribution in [-0.2, 0) is 17.8 Å². The van der Waals surface area contributed by atoms with E-state index in [1.807, 2.05) is 4.90 Å². The number of alkyl halides is 1. The molecule has 1 fully saturated rings. The lowest BCUT2D eigenvalue weighted by Crippen LogP contribution is -2.41. The molecule has 0 saturated carbocycles. The third kappa shape index (κ3) is 4.00. The van der Waals surface area contributed by atoms with Gasteiger partial charge in [-0.05, 0) is 18.1 Å². The van der Waals surface area contributed by atoms with Gasteiger partial charge >= 0.3 is 0 Å². The zero-order valence-corrected chi connectivity index (χ0v) is 13.8. The summed E-state index contributed by atoms with van der Waals surface area (Å²) in [6.07, 6.45) is 2.88. The Hall–Kier alpha value is -2.22. The van der Waals surface area contributed by atoms with Crippen molar-refractivity contribution in [1.29, 1.82) is 0 Å². The second-order valence-corrected chi connectivity index (χ2v) is 6.23. The number of likely N-dealkylation sites (N-methyl/N-ethyl adjacent to an activating group) is 1. The van der Waals surface area contributed by atoms with Crippen LogP contribution in [0.4, 0.5) is 4.39 Å². The molecule has 8 heteroatoms. The number of furan rings is 1. The van der Waals surface area contributed by atoms with Crippen molar-refractivity contribution in [1.82, 2.24) is 19.9 Å². The summed E-state index contributed by atoms with van der Waals surface area (Å²) in [5.41, 5.74) is 0.834. The summed E-state index contributed by atoms with van der Waals surface area (Å²) < 4.78 is 23.8. The van der Waals surface area contributed by atoms with Crippen LogP contribution in [0.5, 0.6) is 0 Å². The van der Waals surface area contributed by atoms with E-state index in [1.165, 1.54) is 0 Å². The molecule has 130 valence electrons. The molecular weight excluding hydrogens is 315 g/mol. The van der Waals surface area contributed by atoms with Gasteiger partial charge in [0.15, 0.2) is 5.82 Å². The SMILES string of the molecule is Cc1nc(CN2C[C@@H](F)C[C@H]2CN(C)C(=O)Cc2ccoc2)no1. The maximum Gasteiger partial charge on any atom is 0.226 e. The molecule has 24 heavy (non-hydrogen) atoms. The Morgan fingerprint density at radius 1 is 1.54 bits per heavy atom. The van der Waals surface area contributed by atoms with Crippen LogP contribution in [0.25, 0.3) is 0 Å². The number of hydrogen-bond donors (Lipinski definition) is 0. The van der Waals surface area contributed by atoms with Crippen molar-refractivity contribution in [3.63, 3.8) is 0 Å². The number of amides is 1. The fourth-order valence-corrected chi connectivity index (χ4v) is 3.01. The third-order valence-electron chi connectivity index (χ3n) is 4.24. The van der Waals surface area contributed by atoms with Crippen molar-refractivity contribution in [2.45, 2.75) is 38.5 Å². The van der Waals surface area contributed by atoms with Crippen LogP contribution < -0.4 is 0 Å². The molecule has 1 aliphatic rings. The number of aromatic nitrogens is 2. The van der Waals surface area contributed by atoms with E-state index in [-0.39, 0.29) is 18.4 Å². The lowest BCUT2D eigenvalue weighted by molar-refractivity contribution is -0.129. The van der Waals surface area contributed by atoms with Crippen LogP contribution in [0.3, 0.4) is 0 Å². The van der Waals surface area contributed by atoms with E-state index in [9.17, 15) is 9.18 Å². The Kier molecular flexibility index (Phi) is 4.94. The molecule has 0 bridgehead atoms. The lowest BCUT2D eigenvalue weighted by Gasteiger charge is -2.27. The molecule has 2 aromatic heterocycles. The summed E-state index contributed by atoms with van der Waals surface area (Å²) in [6, 6.07) is 1.71. The molecule has 3 heterocycles. The molecule has 0 aromatic carbocycles. The Labute approximate surface area is 139 Å². The van der Waals surface area contributed by atoms with Crippen LogP contribution in [0.1, 0.15) is 23.7 Å². The van der Waals surface area contributed by atoms with E-state index in [0.717, 1.165) is 5.56 Å². The second kappa shape index (κ2) is 7.12. The van der Waals surface area contributed by atoms with E-state index in [1.54, 1.807) is 37.5 Å². The Morgan fingerprint density at radius 2 is 2.38 bits per heavy atom. The number of carbonyl (C=O) groups is 1. The van der Waals surface area contributed by atoms with Gasteiger partial charge in [0.2, 0.25) is 11.8 Å². The van der Waals surface area contributed by atoms with Crippen molar-refractivity contribution >= 4 is 5.91 Å². The summed E-state index contributed by atoms with van der Waals surface area (Å²) >= 11 is 0. The van der Waals surface area contributed by atoms with Crippen LogP contribution in [-0.4, -0.2) is 58.2 Å². The van der Waals surface area contributed by atoms with Gasteiger partial charge in [-0.2, -0.15) is 4.98 Å². The molecule has 1 saturated heterocycles. The standard InChI is InChI=1S/C16H21FN4O3/c1-11-18-15(19-24-11)9-21-7-13(17)6-14(21)8-20(2)16(22)5-12-3-4-23-10-12/h3-4,10,13-14H,5-9H2,1-2H3/t13-,14-/m0/s1. The van der Waals surface area contributed by atoms with Gasteiger partial charge in [0.05, 0.1) is 25.5 Å². The van der Waals surface area contributed by atoms with E-state index < -0.39 is 6.17 Å². The van der Waals surface area contributed by atoms with Crippen molar-refractivity contribution in [2.24, 2.45) is 0 Å². The quantitative estimate of drug-likeness (QED) is 0.797. The molecule has 0 aliphatic carbocycles. The molecule has 0 N–H and O–H groups in total. The molecule has 3 rings (SSSR count). The number of halogens is 1. The zero-order chi connectivity index (χ0) is 17.1. The average Bonchev–Trinajstić information content (AvgIpc) is 3.23. The minimum atomic E-state index is -0.902. The molecule has 0 unspecified atom stereocenters. The number of rotatable bonds is 6. The van der Waals surface area contributed by atoms with Crippen LogP contribution in [0, 0.1) is 6.92 Å². The molecule has 7 nitrogen and oxygen atoms in total. The second-order valence-electron chi connectivity index (χ2n) is 6.23. The summed E-state index contributed by atoms with van der Waals surface area (Å²) in [6.45, 7) is 2.93. The highest BCUT2D eigenvalue weighted by Crippen LogP contribution is 2.23. The first kappa shape index (κ1) is 16.6. The van der Waals surface area contributed by atoms with Crippen molar-refractivity contribution in [2.75, 3.05) is 20.1 Å². The first-order valence-corrected chi connectivity index (χ1v) is 7.93. The molecule has 0 radical (unpaired) electrons. The van der Waals surface area contributed by atoms with E-state index in [4.69, 9.17) is 8.94 Å². The molecule has 1 amide bonds. The molecule has 1 aliphatic heterocycles. The molecule has 0 spiro atoms. The lowest BCUT2D eigenvalue weighted by atomic mass is 10.1. The highest BCUT2D eigenvalue weighted by Gasteiger charge is 2.34. The number of carbonyl (C=O) groups excluding carboxylic acids is 1. The van der Waals surface area contributed by atoms with Crippen molar-refractivity contribution in [3.8, 4) is 0 Å². The van der Waals surface area contributed by atoms with Crippen molar-refractivity contribution in [3.05, 3.63) is 35.9 Å². The minimum Gasteiger partial charge on any atom is -0.472 e. The molecular formula is C16H21FN4O3. The van der Waals surface area contributed by atoms with Crippen molar-refractivity contribution < 1.29 is 18.1 Å². The first-order chi connectivity index (χ1) is 11.5. The first-order valence-electron chi connectivity index (χ1n) is 7.93. The van der Waals surface area contributed by atoms with Crippen LogP contribution in [0.15, 0.2) is 27.5 Å². The predicted molar refractivity (Wildman–Crippen MR) is 82.8 cm³/mol. The highest BCUT2D eigenvalue weighted by atomic mass is 19.1. The number of nitrogens with zero attached hydrogens (tertiary/aromatic N) is 4. The normalized spacial score (nSPS) is 21.3. The summed E-state index contributed by atoms with van der Waals surface area (Å²) in [5.74, 6) is 1.01. The Bertz CT molecular complexity index is 673. The van der Waals surface area contributed by atoms with Gasteiger partial charge in [0, 0.05) is 33.1 Å². The number of aryl methyl sites for hydroxylation is 1. The van der Waals surface area contributed by atoms with Gasteiger partial charge in [-0.3, -0.25) is 9.69 Å². The van der Waals surface area contributed by atoms with Gasteiger partial charge in [-0.1, -0.05) is 5.16 Å². The number of likely N-dealkylation sites (tertiary alicyclic amines) is 1. The highest BCUT2D eigenvalue weighted by molar-refractivity contribution is 5.78. The summed E-state index contributed by atoms with van der Waals surface area (Å²) in [4.78, 5) is 20.1. The zero-order valence-electron chi connectivity index (χ0n) is 13.8. The third-order valence-corrected chi connectivity index (χ3v) is 4.24. The summed E-state index contributed by atoms with van der Waals surface area (Å²) in [5, 5.41) is 3.86. The predicted octanol–water partition coefficient (Wildman–Crippen LogP) is 1.58. The van der Waals surface area contributed by atoms with Gasteiger partial charge in [-0.15, -0.1) is 0 Å². The average molecular weight is 336 g/mol. The Balaban J connectivity index is 1.58. The largest absolute Gasteiger partial charge is 0.472 e.